The van der Waals surface area contributed by atoms with Gasteiger partial charge in [-0.05, 0) is 31.0 Å². The summed E-state index contributed by atoms with van der Waals surface area (Å²) in [6.45, 7) is 1.02. The lowest BCUT2D eigenvalue weighted by Gasteiger charge is -2.32. The summed E-state index contributed by atoms with van der Waals surface area (Å²) in [5.41, 5.74) is 1.28. The van der Waals surface area contributed by atoms with E-state index in [1.54, 1.807) is 29.3 Å². The quantitative estimate of drug-likeness (QED) is 0.832. The van der Waals surface area contributed by atoms with Crippen LogP contribution in [0, 0.1) is 0 Å². The van der Waals surface area contributed by atoms with Gasteiger partial charge < -0.3 is 19.5 Å². The Morgan fingerprint density at radius 3 is 2.78 bits per heavy atom. The maximum Gasteiger partial charge on any atom is 0.325 e. The lowest BCUT2D eigenvalue weighted by molar-refractivity contribution is -0.137. The number of carbonyl (C=O) groups is 2. The minimum atomic E-state index is -0.935. The van der Waals surface area contributed by atoms with Crippen molar-refractivity contribution in [2.45, 2.75) is 25.3 Å². The number of carbonyl (C=O) groups excluding carboxylic acids is 1. The number of para-hydroxylation sites is 1. The first-order chi connectivity index (χ1) is 13.0. The fourth-order valence-corrected chi connectivity index (χ4v) is 3.45. The molecule has 1 atom stereocenters. The van der Waals surface area contributed by atoms with Crippen molar-refractivity contribution in [3.8, 4) is 11.5 Å². The highest BCUT2D eigenvalue weighted by atomic mass is 16.5. The van der Waals surface area contributed by atoms with Crippen LogP contribution in [0.15, 0.2) is 30.5 Å². The highest BCUT2D eigenvalue weighted by Gasteiger charge is 2.29. The SMILES string of the molecule is COc1cccc(C(=O)N2CCC[C@@H](c3ccn(CC(=O)O)n3)C2)c1OC. The van der Waals surface area contributed by atoms with Crippen LogP contribution in [0.25, 0.3) is 0 Å². The molecule has 1 aromatic heterocycles. The molecule has 27 heavy (non-hydrogen) atoms. The van der Waals surface area contributed by atoms with Crippen LogP contribution in [0.2, 0.25) is 0 Å². The molecule has 0 spiro atoms. The van der Waals surface area contributed by atoms with Gasteiger partial charge in [-0.15, -0.1) is 0 Å². The van der Waals surface area contributed by atoms with Gasteiger partial charge in [-0.25, -0.2) is 0 Å². The van der Waals surface area contributed by atoms with Crippen molar-refractivity contribution in [2.24, 2.45) is 0 Å². The summed E-state index contributed by atoms with van der Waals surface area (Å²) in [4.78, 5) is 25.7. The molecule has 1 saturated heterocycles. The molecular weight excluding hydrogens is 350 g/mol. The Morgan fingerprint density at radius 1 is 1.26 bits per heavy atom. The van der Waals surface area contributed by atoms with E-state index in [1.807, 2.05) is 6.07 Å². The average Bonchev–Trinajstić information content (AvgIpc) is 3.14. The first-order valence-corrected chi connectivity index (χ1v) is 8.79. The molecule has 1 N–H and O–H groups in total. The maximum absolute atomic E-state index is 13.1. The first-order valence-electron chi connectivity index (χ1n) is 8.79. The first kappa shape index (κ1) is 18.8. The summed E-state index contributed by atoms with van der Waals surface area (Å²) >= 11 is 0. The average molecular weight is 373 g/mol. The Bertz CT molecular complexity index is 833. The van der Waals surface area contributed by atoms with Crippen molar-refractivity contribution < 1.29 is 24.2 Å². The topological polar surface area (TPSA) is 93.9 Å². The molecular formula is C19H23N3O5. The lowest BCUT2D eigenvalue weighted by Crippen LogP contribution is -2.39. The second-order valence-electron chi connectivity index (χ2n) is 6.46. The molecule has 2 aromatic rings. The van der Waals surface area contributed by atoms with Gasteiger partial charge in [0, 0.05) is 25.2 Å². The van der Waals surface area contributed by atoms with Crippen LogP contribution in [0.5, 0.6) is 11.5 Å². The number of aliphatic carboxylic acids is 1. The van der Waals surface area contributed by atoms with Crippen LogP contribution in [-0.4, -0.2) is 59.0 Å². The van der Waals surface area contributed by atoms with Crippen LogP contribution < -0.4 is 9.47 Å². The molecule has 3 rings (SSSR count). The summed E-state index contributed by atoms with van der Waals surface area (Å²) in [6, 6.07) is 7.08. The summed E-state index contributed by atoms with van der Waals surface area (Å²) in [5, 5.41) is 13.2. The number of rotatable bonds is 6. The zero-order chi connectivity index (χ0) is 19.4. The van der Waals surface area contributed by atoms with Crippen LogP contribution in [0.1, 0.15) is 34.8 Å². The summed E-state index contributed by atoms with van der Waals surface area (Å²) in [7, 11) is 3.05. The van der Waals surface area contributed by atoms with Crippen molar-refractivity contribution in [1.82, 2.24) is 14.7 Å². The molecule has 1 aromatic carbocycles. The van der Waals surface area contributed by atoms with Crippen LogP contribution in [-0.2, 0) is 11.3 Å². The summed E-state index contributed by atoms with van der Waals surface area (Å²) in [6.07, 6.45) is 3.42. The Morgan fingerprint density at radius 2 is 2.07 bits per heavy atom. The lowest BCUT2D eigenvalue weighted by atomic mass is 9.94. The molecule has 0 aliphatic carbocycles. The van der Waals surface area contributed by atoms with E-state index >= 15 is 0 Å². The standard InChI is InChI=1S/C19H23N3O5/c1-26-16-7-3-6-14(18(16)27-2)19(25)21-9-4-5-13(11-21)15-8-10-22(20-15)12-17(23)24/h3,6-8,10,13H,4-5,9,11-12H2,1-2H3,(H,23,24)/t13-/m1/s1. The number of hydrogen-bond donors (Lipinski definition) is 1. The zero-order valence-electron chi connectivity index (χ0n) is 15.4. The van der Waals surface area contributed by atoms with Gasteiger partial charge in [0.25, 0.3) is 5.91 Å². The fourth-order valence-electron chi connectivity index (χ4n) is 3.45. The Kier molecular flexibility index (Phi) is 5.63. The van der Waals surface area contributed by atoms with Crippen molar-refractivity contribution >= 4 is 11.9 Å². The van der Waals surface area contributed by atoms with Crippen molar-refractivity contribution in [2.75, 3.05) is 27.3 Å². The smallest absolute Gasteiger partial charge is 0.325 e. The molecule has 0 radical (unpaired) electrons. The highest BCUT2D eigenvalue weighted by Crippen LogP contribution is 2.33. The minimum absolute atomic E-state index is 0.0781. The number of nitrogens with zero attached hydrogens (tertiary/aromatic N) is 3. The third kappa shape index (κ3) is 4.05. The van der Waals surface area contributed by atoms with Gasteiger partial charge in [-0.1, -0.05) is 6.07 Å². The molecule has 8 nitrogen and oxygen atoms in total. The molecule has 1 amide bonds. The number of ether oxygens (including phenoxy) is 2. The maximum atomic E-state index is 13.1. The second-order valence-corrected chi connectivity index (χ2v) is 6.46. The molecule has 144 valence electrons. The van der Waals surface area contributed by atoms with E-state index in [2.05, 4.69) is 5.10 Å². The van der Waals surface area contributed by atoms with Gasteiger partial charge in [0.2, 0.25) is 0 Å². The molecule has 2 heterocycles. The van der Waals surface area contributed by atoms with E-state index in [0.717, 1.165) is 18.5 Å². The summed E-state index contributed by atoms with van der Waals surface area (Å²) in [5.74, 6) is -0.0211. The Balaban J connectivity index is 1.77. The van der Waals surface area contributed by atoms with Gasteiger partial charge in [-0.2, -0.15) is 5.10 Å². The molecule has 0 bridgehead atoms. The van der Waals surface area contributed by atoms with Gasteiger partial charge >= 0.3 is 5.97 Å². The van der Waals surface area contributed by atoms with Gasteiger partial charge in [-0.3, -0.25) is 14.3 Å². The van der Waals surface area contributed by atoms with E-state index in [-0.39, 0.29) is 18.4 Å². The van der Waals surface area contributed by atoms with E-state index in [1.165, 1.54) is 18.9 Å². The predicted octanol–water partition coefficient (Wildman–Crippen LogP) is 2.00. The third-order valence-electron chi connectivity index (χ3n) is 4.72. The minimum Gasteiger partial charge on any atom is -0.493 e. The number of carboxylic acid groups (broad SMARTS) is 1. The predicted molar refractivity (Wildman–Crippen MR) is 97.3 cm³/mol. The molecule has 0 saturated carbocycles. The molecule has 0 unspecified atom stereocenters. The van der Waals surface area contributed by atoms with Crippen molar-refractivity contribution in [3.05, 3.63) is 41.7 Å². The largest absolute Gasteiger partial charge is 0.493 e. The fraction of sp³-hybridized carbons (Fsp3) is 0.421. The van der Waals surface area contributed by atoms with Gasteiger partial charge in [0.1, 0.15) is 6.54 Å². The molecule has 1 fully saturated rings. The number of methoxy groups -OCH3 is 2. The van der Waals surface area contributed by atoms with E-state index in [0.29, 0.717) is 30.2 Å². The van der Waals surface area contributed by atoms with Crippen LogP contribution >= 0.6 is 0 Å². The van der Waals surface area contributed by atoms with Crippen LogP contribution in [0.4, 0.5) is 0 Å². The highest BCUT2D eigenvalue weighted by molar-refractivity contribution is 5.98. The molecule has 1 aliphatic rings. The number of piperidine rings is 1. The normalized spacial score (nSPS) is 16.8. The molecule has 1 aliphatic heterocycles. The number of aromatic nitrogens is 2. The monoisotopic (exact) mass is 373 g/mol. The van der Waals surface area contributed by atoms with E-state index < -0.39 is 5.97 Å². The number of hydrogen-bond acceptors (Lipinski definition) is 5. The van der Waals surface area contributed by atoms with Gasteiger partial charge in [0.05, 0.1) is 25.5 Å². The third-order valence-corrected chi connectivity index (χ3v) is 4.72. The Hall–Kier alpha value is -3.03. The van der Waals surface area contributed by atoms with Crippen LogP contribution in [0.3, 0.4) is 0 Å². The van der Waals surface area contributed by atoms with E-state index in [9.17, 15) is 9.59 Å². The van der Waals surface area contributed by atoms with Gasteiger partial charge in [0.15, 0.2) is 11.5 Å². The van der Waals surface area contributed by atoms with Crippen molar-refractivity contribution in [1.29, 1.82) is 0 Å². The number of amides is 1. The number of likely N-dealkylation sites (tertiary alicyclic amines) is 1. The zero-order valence-corrected chi connectivity index (χ0v) is 15.4. The number of benzene rings is 1. The summed E-state index contributed by atoms with van der Waals surface area (Å²) < 4.78 is 12.1. The number of carboxylic acids is 1. The molecule has 8 heteroatoms. The Labute approximate surface area is 157 Å². The van der Waals surface area contributed by atoms with Crippen molar-refractivity contribution in [3.63, 3.8) is 0 Å². The second kappa shape index (κ2) is 8.11. The van der Waals surface area contributed by atoms with E-state index in [4.69, 9.17) is 14.6 Å².